The molecule has 144 valence electrons. The van der Waals surface area contributed by atoms with Crippen molar-refractivity contribution in [3.63, 3.8) is 0 Å². The summed E-state index contributed by atoms with van der Waals surface area (Å²) in [6, 6.07) is 14.2. The molecular weight excluding hydrogens is 394 g/mol. The Kier molecular flexibility index (Phi) is 6.21. The van der Waals surface area contributed by atoms with Gasteiger partial charge in [-0.3, -0.25) is 9.59 Å². The minimum Gasteiger partial charge on any atom is -0.325 e. The molecule has 1 aromatic heterocycles. The van der Waals surface area contributed by atoms with E-state index in [1.165, 1.54) is 22.5 Å². The Bertz CT molecular complexity index is 1100. The summed E-state index contributed by atoms with van der Waals surface area (Å²) in [5.74, 6) is -0.000432. The molecule has 5 nitrogen and oxygen atoms in total. The van der Waals surface area contributed by atoms with Crippen LogP contribution in [0.25, 0.3) is 5.69 Å². The van der Waals surface area contributed by atoms with Gasteiger partial charge in [0.05, 0.1) is 11.4 Å². The van der Waals surface area contributed by atoms with Gasteiger partial charge in [-0.1, -0.05) is 35.5 Å². The molecule has 7 heteroatoms. The first-order valence-electron chi connectivity index (χ1n) is 8.70. The number of rotatable bonds is 5. The lowest BCUT2D eigenvalue weighted by Gasteiger charge is -2.09. The number of nitrogens with one attached hydrogen (secondary N) is 1. The van der Waals surface area contributed by atoms with Gasteiger partial charge in [-0.15, -0.1) is 0 Å². The first-order valence-corrected chi connectivity index (χ1v) is 10.1. The van der Waals surface area contributed by atoms with Gasteiger partial charge >= 0.3 is 0 Å². The highest BCUT2D eigenvalue weighted by molar-refractivity contribution is 7.99. The first kappa shape index (κ1) is 20.2. The van der Waals surface area contributed by atoms with Gasteiger partial charge in [0.25, 0.3) is 5.56 Å². The minimum absolute atomic E-state index is 0.170. The van der Waals surface area contributed by atoms with E-state index in [1.807, 2.05) is 51.1 Å². The zero-order valence-corrected chi connectivity index (χ0v) is 17.4. The number of amides is 1. The van der Waals surface area contributed by atoms with Gasteiger partial charge in [0, 0.05) is 16.8 Å². The van der Waals surface area contributed by atoms with Crippen molar-refractivity contribution >= 4 is 35.0 Å². The zero-order chi connectivity index (χ0) is 20.3. The highest BCUT2D eigenvalue weighted by atomic mass is 35.5. The molecule has 0 saturated heterocycles. The van der Waals surface area contributed by atoms with Crippen LogP contribution in [0.3, 0.4) is 0 Å². The summed E-state index contributed by atoms with van der Waals surface area (Å²) in [4.78, 5) is 24.4. The van der Waals surface area contributed by atoms with Crippen LogP contribution in [-0.4, -0.2) is 21.4 Å². The average Bonchev–Trinajstić information content (AvgIpc) is 2.66. The fraction of sp³-hybridized carbons (Fsp3) is 0.190. The van der Waals surface area contributed by atoms with E-state index in [9.17, 15) is 9.59 Å². The highest BCUT2D eigenvalue weighted by Gasteiger charge is 2.09. The Balaban J connectivity index is 1.70. The molecule has 0 aliphatic carbocycles. The van der Waals surface area contributed by atoms with Crippen LogP contribution in [0.15, 0.2) is 58.4 Å². The van der Waals surface area contributed by atoms with E-state index in [-0.39, 0.29) is 17.2 Å². The minimum atomic E-state index is -0.216. The summed E-state index contributed by atoms with van der Waals surface area (Å²) in [5, 5.41) is 8.39. The van der Waals surface area contributed by atoms with Crippen LogP contribution >= 0.6 is 23.4 Å². The predicted molar refractivity (Wildman–Crippen MR) is 115 cm³/mol. The van der Waals surface area contributed by atoms with Gasteiger partial charge in [-0.25, -0.2) is 0 Å². The van der Waals surface area contributed by atoms with Crippen molar-refractivity contribution in [3.05, 3.63) is 80.6 Å². The molecule has 2 aromatic carbocycles. The van der Waals surface area contributed by atoms with Crippen molar-refractivity contribution in [2.45, 2.75) is 25.8 Å². The molecule has 1 N–H and O–H groups in total. The van der Waals surface area contributed by atoms with Gasteiger partial charge in [0.1, 0.15) is 5.03 Å². The van der Waals surface area contributed by atoms with E-state index in [0.717, 1.165) is 16.7 Å². The summed E-state index contributed by atoms with van der Waals surface area (Å²) in [6.45, 7) is 5.91. The third-order valence-electron chi connectivity index (χ3n) is 4.32. The Labute approximate surface area is 172 Å². The predicted octanol–water partition coefficient (Wildman–Crippen LogP) is 4.54. The topological polar surface area (TPSA) is 64.0 Å². The molecule has 28 heavy (non-hydrogen) atoms. The molecule has 3 rings (SSSR count). The molecule has 1 amide bonds. The maximum absolute atomic E-state index is 12.2. The maximum atomic E-state index is 12.2. The average molecular weight is 414 g/mol. The number of carbonyl (C=O) groups excluding carboxylic acids is 1. The van der Waals surface area contributed by atoms with Crippen molar-refractivity contribution in [3.8, 4) is 5.69 Å². The van der Waals surface area contributed by atoms with Crippen LogP contribution in [0.5, 0.6) is 0 Å². The molecule has 1 heterocycles. The fourth-order valence-corrected chi connectivity index (χ4v) is 3.36. The molecule has 0 fully saturated rings. The summed E-state index contributed by atoms with van der Waals surface area (Å²) >= 11 is 7.35. The summed E-state index contributed by atoms with van der Waals surface area (Å²) < 4.78 is 1.35. The number of thioether (sulfide) groups is 1. The van der Waals surface area contributed by atoms with Gasteiger partial charge in [0.2, 0.25) is 5.91 Å². The summed E-state index contributed by atoms with van der Waals surface area (Å²) in [6.07, 6.45) is 0. The van der Waals surface area contributed by atoms with Crippen molar-refractivity contribution in [2.24, 2.45) is 0 Å². The number of hydrogen-bond acceptors (Lipinski definition) is 4. The molecule has 0 radical (unpaired) electrons. The Morgan fingerprint density at radius 2 is 1.79 bits per heavy atom. The van der Waals surface area contributed by atoms with E-state index in [2.05, 4.69) is 10.4 Å². The van der Waals surface area contributed by atoms with Crippen molar-refractivity contribution < 1.29 is 4.79 Å². The second-order valence-corrected chi connectivity index (χ2v) is 7.89. The van der Waals surface area contributed by atoms with Crippen LogP contribution in [0.4, 0.5) is 5.69 Å². The van der Waals surface area contributed by atoms with E-state index >= 15 is 0 Å². The van der Waals surface area contributed by atoms with Gasteiger partial charge in [0.15, 0.2) is 0 Å². The molecule has 0 aliphatic heterocycles. The molecule has 0 unspecified atom stereocenters. The Morgan fingerprint density at radius 1 is 1.04 bits per heavy atom. The van der Waals surface area contributed by atoms with E-state index in [1.54, 1.807) is 12.1 Å². The second kappa shape index (κ2) is 8.63. The van der Waals surface area contributed by atoms with E-state index in [4.69, 9.17) is 11.6 Å². The summed E-state index contributed by atoms with van der Waals surface area (Å²) in [5.41, 5.74) is 4.32. The molecule has 0 spiro atoms. The van der Waals surface area contributed by atoms with Crippen LogP contribution in [-0.2, 0) is 4.79 Å². The molecule has 0 aliphatic rings. The smallest absolute Gasteiger partial charge is 0.271 e. The van der Waals surface area contributed by atoms with Crippen LogP contribution in [0, 0.1) is 20.8 Å². The number of hydrogen-bond donors (Lipinski definition) is 1. The lowest BCUT2D eigenvalue weighted by molar-refractivity contribution is -0.113. The number of aryl methyl sites for hydroxylation is 3. The fourth-order valence-electron chi connectivity index (χ4n) is 2.52. The molecular formula is C21H20ClN3O2S. The Morgan fingerprint density at radius 3 is 2.50 bits per heavy atom. The highest BCUT2D eigenvalue weighted by Crippen LogP contribution is 2.21. The largest absolute Gasteiger partial charge is 0.325 e. The monoisotopic (exact) mass is 413 g/mol. The SMILES string of the molecule is Cc1ccc(-n2nc(SCC(=O)Nc3ccc(C)c(Cl)c3)ccc2=O)cc1C. The number of benzene rings is 2. The molecule has 0 bridgehead atoms. The zero-order valence-electron chi connectivity index (χ0n) is 15.8. The summed E-state index contributed by atoms with van der Waals surface area (Å²) in [7, 11) is 0. The van der Waals surface area contributed by atoms with Crippen molar-refractivity contribution in [1.82, 2.24) is 9.78 Å². The van der Waals surface area contributed by atoms with E-state index in [0.29, 0.717) is 21.4 Å². The number of nitrogens with zero attached hydrogens (tertiary/aromatic N) is 2. The first-order chi connectivity index (χ1) is 13.3. The number of aromatic nitrogens is 2. The molecule has 3 aromatic rings. The number of carbonyl (C=O) groups is 1. The third kappa shape index (κ3) is 4.82. The molecule has 0 saturated carbocycles. The standard InChI is InChI=1S/C21H20ClN3O2S/c1-13-5-7-17(10-15(13)3)25-21(27)9-8-20(24-25)28-12-19(26)23-16-6-4-14(2)18(22)11-16/h4-11H,12H2,1-3H3,(H,23,26). The van der Waals surface area contributed by atoms with Crippen LogP contribution in [0.1, 0.15) is 16.7 Å². The number of halogens is 1. The lowest BCUT2D eigenvalue weighted by atomic mass is 10.1. The van der Waals surface area contributed by atoms with Gasteiger partial charge in [-0.05, 0) is 67.8 Å². The van der Waals surface area contributed by atoms with Crippen LogP contribution in [0.2, 0.25) is 5.02 Å². The van der Waals surface area contributed by atoms with Crippen molar-refractivity contribution in [1.29, 1.82) is 0 Å². The third-order valence-corrected chi connectivity index (χ3v) is 5.64. The maximum Gasteiger partial charge on any atom is 0.271 e. The van der Waals surface area contributed by atoms with Crippen molar-refractivity contribution in [2.75, 3.05) is 11.1 Å². The van der Waals surface area contributed by atoms with Gasteiger partial charge < -0.3 is 5.32 Å². The quantitative estimate of drug-likeness (QED) is 0.623. The lowest BCUT2D eigenvalue weighted by Crippen LogP contribution is -2.21. The van der Waals surface area contributed by atoms with Crippen LogP contribution < -0.4 is 10.9 Å². The normalized spacial score (nSPS) is 10.7. The molecule has 0 atom stereocenters. The number of anilines is 1. The van der Waals surface area contributed by atoms with Gasteiger partial charge in [-0.2, -0.15) is 9.78 Å². The van der Waals surface area contributed by atoms with E-state index < -0.39 is 0 Å². The Hall–Kier alpha value is -2.57. The second-order valence-electron chi connectivity index (χ2n) is 6.49.